The van der Waals surface area contributed by atoms with Gasteiger partial charge in [0.25, 0.3) is 11.6 Å². The predicted octanol–water partition coefficient (Wildman–Crippen LogP) is 1.38. The second-order valence-corrected chi connectivity index (χ2v) is 5.84. The molecule has 0 radical (unpaired) electrons. The number of carbonyl (C=O) groups excluding carboxylic acids is 1. The second-order valence-electron chi connectivity index (χ2n) is 5.84. The third-order valence-electron chi connectivity index (χ3n) is 3.90. The van der Waals surface area contributed by atoms with Gasteiger partial charge in [0.2, 0.25) is 0 Å². The Bertz CT molecular complexity index is 598. The molecule has 1 aromatic rings. The first-order valence-electron chi connectivity index (χ1n) is 7.53. The van der Waals surface area contributed by atoms with Gasteiger partial charge in [-0.1, -0.05) is 0 Å². The molecule has 0 aromatic carbocycles. The van der Waals surface area contributed by atoms with Crippen LogP contribution in [0.4, 0.5) is 26.3 Å². The Balaban J connectivity index is 2.35. The predicted molar refractivity (Wildman–Crippen MR) is 78.7 cm³/mol. The first kappa shape index (κ1) is 20.4. The van der Waals surface area contributed by atoms with Crippen molar-refractivity contribution < 1.29 is 31.1 Å². The number of hydrazine groups is 1. The van der Waals surface area contributed by atoms with E-state index in [1.165, 1.54) is 17.7 Å². The summed E-state index contributed by atoms with van der Waals surface area (Å²) in [4.78, 5) is 17.3. The molecule has 1 saturated heterocycles. The monoisotopic (exact) mass is 385 g/mol. The maximum Gasteiger partial charge on any atom is 0.435 e. The number of piperazine rings is 1. The number of rotatable bonds is 4. The van der Waals surface area contributed by atoms with Gasteiger partial charge in [0.15, 0.2) is 0 Å². The quantitative estimate of drug-likeness (QED) is 0.606. The Hall–Kier alpha value is -1.92. The van der Waals surface area contributed by atoms with E-state index in [9.17, 15) is 31.1 Å². The van der Waals surface area contributed by atoms with Crippen LogP contribution in [0, 0.1) is 0 Å². The van der Waals surface area contributed by atoms with Gasteiger partial charge in [-0.3, -0.25) is 9.78 Å². The standard InChI is InChI=1S/C14H17F6N5O/c1-24-5-7-25(8-6-24)23-12(13(15,16)17,14(18,19)20)22-11(26)10-3-2-4-21-9-10/h2-4,9,23H,5-8H2,1H3,(H,22,26). The fraction of sp³-hybridized carbons (Fsp3) is 0.571. The molecule has 1 amide bonds. The molecular formula is C14H17F6N5O. The number of nitrogens with zero attached hydrogens (tertiary/aromatic N) is 3. The fourth-order valence-corrected chi connectivity index (χ4v) is 2.35. The molecule has 12 heteroatoms. The van der Waals surface area contributed by atoms with Crippen molar-refractivity contribution in [2.75, 3.05) is 33.2 Å². The van der Waals surface area contributed by atoms with Crippen molar-refractivity contribution in [3.63, 3.8) is 0 Å². The van der Waals surface area contributed by atoms with E-state index in [1.807, 2.05) is 0 Å². The third kappa shape index (κ3) is 4.24. The number of aromatic nitrogens is 1. The summed E-state index contributed by atoms with van der Waals surface area (Å²) in [6.45, 7) is 0.394. The number of likely N-dealkylation sites (N-methyl/N-ethyl adjacent to an activating group) is 1. The van der Waals surface area contributed by atoms with E-state index in [4.69, 9.17) is 0 Å². The van der Waals surface area contributed by atoms with Crippen LogP contribution < -0.4 is 10.7 Å². The van der Waals surface area contributed by atoms with Crippen molar-refractivity contribution in [1.82, 2.24) is 25.6 Å². The maximum absolute atomic E-state index is 13.5. The van der Waals surface area contributed by atoms with Crippen molar-refractivity contribution in [2.45, 2.75) is 18.0 Å². The van der Waals surface area contributed by atoms with Crippen LogP contribution in [0.15, 0.2) is 24.5 Å². The lowest BCUT2D eigenvalue weighted by Gasteiger charge is -2.43. The summed E-state index contributed by atoms with van der Waals surface area (Å²) in [6.07, 6.45) is -9.57. The first-order chi connectivity index (χ1) is 12.0. The molecule has 2 rings (SSSR count). The highest BCUT2D eigenvalue weighted by Gasteiger charge is 2.73. The van der Waals surface area contributed by atoms with Gasteiger partial charge in [-0.25, -0.2) is 10.4 Å². The van der Waals surface area contributed by atoms with Crippen LogP contribution in [0.1, 0.15) is 10.4 Å². The lowest BCUT2D eigenvalue weighted by Crippen LogP contribution is -2.78. The molecule has 6 nitrogen and oxygen atoms in total. The highest BCUT2D eigenvalue weighted by Crippen LogP contribution is 2.41. The van der Waals surface area contributed by atoms with Crippen LogP contribution in [0.25, 0.3) is 0 Å². The molecule has 1 aliphatic heterocycles. The minimum Gasteiger partial charge on any atom is -0.318 e. The van der Waals surface area contributed by atoms with Gasteiger partial charge in [-0.15, -0.1) is 0 Å². The zero-order valence-electron chi connectivity index (χ0n) is 13.7. The number of hydrogen-bond donors (Lipinski definition) is 2. The maximum atomic E-state index is 13.5. The van der Waals surface area contributed by atoms with Crippen LogP contribution in [-0.2, 0) is 0 Å². The van der Waals surface area contributed by atoms with Gasteiger partial charge >= 0.3 is 12.4 Å². The summed E-state index contributed by atoms with van der Waals surface area (Å²) in [5, 5.41) is 1.90. The summed E-state index contributed by atoms with van der Waals surface area (Å²) in [5.41, 5.74) is -3.57. The molecule has 0 bridgehead atoms. The molecule has 0 spiro atoms. The first-order valence-corrected chi connectivity index (χ1v) is 7.53. The van der Waals surface area contributed by atoms with Crippen molar-refractivity contribution in [3.8, 4) is 0 Å². The van der Waals surface area contributed by atoms with Crippen molar-refractivity contribution in [1.29, 1.82) is 0 Å². The summed E-state index contributed by atoms with van der Waals surface area (Å²) < 4.78 is 81.2. The fourth-order valence-electron chi connectivity index (χ4n) is 2.35. The molecule has 1 aromatic heterocycles. The van der Waals surface area contributed by atoms with Gasteiger partial charge in [-0.2, -0.15) is 26.3 Å². The highest BCUT2D eigenvalue weighted by molar-refractivity contribution is 5.94. The molecule has 1 fully saturated rings. The van der Waals surface area contributed by atoms with Crippen molar-refractivity contribution >= 4 is 5.91 Å². The third-order valence-corrected chi connectivity index (χ3v) is 3.90. The molecule has 2 heterocycles. The topological polar surface area (TPSA) is 60.5 Å². The zero-order valence-corrected chi connectivity index (χ0v) is 13.7. The van der Waals surface area contributed by atoms with Crippen molar-refractivity contribution in [3.05, 3.63) is 30.1 Å². The van der Waals surface area contributed by atoms with Gasteiger partial charge in [0.05, 0.1) is 5.56 Å². The van der Waals surface area contributed by atoms with E-state index in [0.29, 0.717) is 0 Å². The van der Waals surface area contributed by atoms with Gasteiger partial charge < -0.3 is 10.2 Å². The Labute approximate surface area is 145 Å². The molecule has 0 saturated carbocycles. The highest BCUT2D eigenvalue weighted by atomic mass is 19.4. The normalized spacial score (nSPS) is 18.0. The molecule has 0 unspecified atom stereocenters. The summed E-state index contributed by atoms with van der Waals surface area (Å²) >= 11 is 0. The van der Waals surface area contributed by atoms with E-state index in [-0.39, 0.29) is 26.2 Å². The molecule has 1 aliphatic rings. The lowest BCUT2D eigenvalue weighted by molar-refractivity contribution is -0.327. The SMILES string of the molecule is CN1CCN(NC(NC(=O)c2cccnc2)(C(F)(F)F)C(F)(F)F)CC1. The van der Waals surface area contributed by atoms with Gasteiger partial charge in [0.1, 0.15) is 0 Å². The van der Waals surface area contributed by atoms with Crippen molar-refractivity contribution in [2.24, 2.45) is 0 Å². The number of nitrogens with one attached hydrogen (secondary N) is 2. The average molecular weight is 385 g/mol. The van der Waals surface area contributed by atoms with E-state index >= 15 is 0 Å². The Morgan fingerprint density at radius 3 is 2.12 bits per heavy atom. The molecule has 0 atom stereocenters. The van der Waals surface area contributed by atoms with E-state index in [0.717, 1.165) is 22.6 Å². The van der Waals surface area contributed by atoms with Gasteiger partial charge in [-0.05, 0) is 19.2 Å². The minimum absolute atomic E-state index is 0.0762. The number of pyridine rings is 1. The van der Waals surface area contributed by atoms with E-state index in [1.54, 1.807) is 11.9 Å². The van der Waals surface area contributed by atoms with E-state index in [2.05, 4.69) is 4.98 Å². The number of alkyl halides is 6. The van der Waals surface area contributed by atoms with Crippen LogP contribution in [0.5, 0.6) is 0 Å². The summed E-state index contributed by atoms with van der Waals surface area (Å²) in [6, 6.07) is 2.29. The lowest BCUT2D eigenvalue weighted by atomic mass is 10.1. The number of carbonyl (C=O) groups is 1. The summed E-state index contributed by atoms with van der Waals surface area (Å²) in [7, 11) is 1.70. The molecule has 26 heavy (non-hydrogen) atoms. The molecule has 0 aliphatic carbocycles. The molecular weight excluding hydrogens is 368 g/mol. The Morgan fingerprint density at radius 1 is 1.08 bits per heavy atom. The van der Waals surface area contributed by atoms with Crippen LogP contribution >= 0.6 is 0 Å². The number of halogens is 6. The largest absolute Gasteiger partial charge is 0.435 e. The van der Waals surface area contributed by atoms with Crippen LogP contribution in [0.3, 0.4) is 0 Å². The molecule has 146 valence electrons. The average Bonchev–Trinajstić information content (AvgIpc) is 2.54. The van der Waals surface area contributed by atoms with Crippen LogP contribution in [0.2, 0.25) is 0 Å². The van der Waals surface area contributed by atoms with Crippen LogP contribution in [-0.4, -0.2) is 72.0 Å². The second kappa shape index (κ2) is 7.37. The Kier molecular flexibility index (Phi) is 5.78. The zero-order chi connectivity index (χ0) is 19.6. The number of hydrogen-bond acceptors (Lipinski definition) is 5. The Morgan fingerprint density at radius 2 is 1.65 bits per heavy atom. The minimum atomic E-state index is -5.84. The van der Waals surface area contributed by atoms with Gasteiger partial charge in [0, 0.05) is 38.6 Å². The smallest absolute Gasteiger partial charge is 0.318 e. The number of amides is 1. The van der Waals surface area contributed by atoms with E-state index < -0.39 is 29.5 Å². The molecule has 2 N–H and O–H groups in total. The summed E-state index contributed by atoms with van der Waals surface area (Å²) in [5.74, 6) is -1.55.